The van der Waals surface area contributed by atoms with Gasteiger partial charge in [0.1, 0.15) is 0 Å². The number of nitrogens with zero attached hydrogens (tertiary/aromatic N) is 1. The predicted molar refractivity (Wildman–Crippen MR) is 105 cm³/mol. The number of carbonyl (C=O) groups excluding carboxylic acids is 1. The predicted octanol–water partition coefficient (Wildman–Crippen LogP) is 3.89. The summed E-state index contributed by atoms with van der Waals surface area (Å²) in [5.41, 5.74) is 3.55. The number of benzene rings is 2. The summed E-state index contributed by atoms with van der Waals surface area (Å²) in [4.78, 5) is 12.8. The molecule has 2 rings (SSSR count). The van der Waals surface area contributed by atoms with E-state index in [0.717, 1.165) is 11.1 Å². The maximum Gasteiger partial charge on any atom is 0.255 e. The molecule has 1 N–H and O–H groups in total. The standard InChI is InChI=1S/C20H26N2O3S/c1-6-22(7-2)26(24,25)19-13-17(12-15(4)16(19)5)20(23)21-18-10-8-14(3)9-11-18/h8-13H,6-7H2,1-5H3,(H,21,23). The molecule has 0 saturated heterocycles. The van der Waals surface area contributed by atoms with Crippen molar-refractivity contribution in [2.45, 2.75) is 39.5 Å². The van der Waals surface area contributed by atoms with Gasteiger partial charge in [-0.1, -0.05) is 31.5 Å². The quantitative estimate of drug-likeness (QED) is 0.834. The fourth-order valence-corrected chi connectivity index (χ4v) is 4.55. The number of hydrogen-bond donors (Lipinski definition) is 1. The van der Waals surface area contributed by atoms with Crippen LogP contribution in [-0.4, -0.2) is 31.7 Å². The van der Waals surface area contributed by atoms with Crippen LogP contribution >= 0.6 is 0 Å². The summed E-state index contributed by atoms with van der Waals surface area (Å²) in [5.74, 6) is -0.326. The molecular formula is C20H26N2O3S. The van der Waals surface area contributed by atoms with Crippen LogP contribution in [0.2, 0.25) is 0 Å². The van der Waals surface area contributed by atoms with Gasteiger partial charge in [0.15, 0.2) is 0 Å². The van der Waals surface area contributed by atoms with E-state index in [-0.39, 0.29) is 10.8 Å². The second-order valence-corrected chi connectivity index (χ2v) is 8.23. The van der Waals surface area contributed by atoms with Gasteiger partial charge in [-0.2, -0.15) is 4.31 Å². The summed E-state index contributed by atoms with van der Waals surface area (Å²) >= 11 is 0. The van der Waals surface area contributed by atoms with Gasteiger partial charge >= 0.3 is 0 Å². The van der Waals surface area contributed by atoms with Crippen molar-refractivity contribution in [1.82, 2.24) is 4.31 Å². The molecule has 2 aromatic carbocycles. The molecule has 0 fully saturated rings. The number of aryl methyl sites for hydroxylation is 2. The zero-order valence-electron chi connectivity index (χ0n) is 16.0. The minimum absolute atomic E-state index is 0.190. The van der Waals surface area contributed by atoms with Crippen molar-refractivity contribution in [2.24, 2.45) is 0 Å². The monoisotopic (exact) mass is 374 g/mol. The van der Waals surface area contributed by atoms with Gasteiger partial charge in [-0.25, -0.2) is 8.42 Å². The molecule has 0 heterocycles. The third-order valence-electron chi connectivity index (χ3n) is 4.51. The maximum absolute atomic E-state index is 12.9. The lowest BCUT2D eigenvalue weighted by Gasteiger charge is -2.21. The number of anilines is 1. The molecule has 0 aliphatic heterocycles. The van der Waals surface area contributed by atoms with E-state index in [0.29, 0.717) is 29.9 Å². The third-order valence-corrected chi connectivity index (χ3v) is 6.69. The highest BCUT2D eigenvalue weighted by molar-refractivity contribution is 7.89. The van der Waals surface area contributed by atoms with E-state index >= 15 is 0 Å². The molecule has 0 aliphatic carbocycles. The van der Waals surface area contributed by atoms with Crippen molar-refractivity contribution in [1.29, 1.82) is 0 Å². The highest BCUT2D eigenvalue weighted by Gasteiger charge is 2.25. The van der Waals surface area contributed by atoms with Crippen molar-refractivity contribution in [3.63, 3.8) is 0 Å². The van der Waals surface area contributed by atoms with Crippen LogP contribution in [0.15, 0.2) is 41.3 Å². The normalized spacial score (nSPS) is 11.6. The number of rotatable bonds is 6. The first kappa shape index (κ1) is 20.1. The first-order chi connectivity index (χ1) is 12.2. The van der Waals surface area contributed by atoms with Crippen LogP contribution in [-0.2, 0) is 10.0 Å². The molecule has 0 bridgehead atoms. The molecule has 0 radical (unpaired) electrons. The van der Waals surface area contributed by atoms with Crippen LogP contribution in [0, 0.1) is 20.8 Å². The molecule has 26 heavy (non-hydrogen) atoms. The maximum atomic E-state index is 12.9. The average Bonchev–Trinajstić information content (AvgIpc) is 2.59. The minimum Gasteiger partial charge on any atom is -0.322 e. The number of sulfonamides is 1. The number of hydrogen-bond acceptors (Lipinski definition) is 3. The molecule has 0 saturated carbocycles. The molecule has 5 nitrogen and oxygen atoms in total. The van der Waals surface area contributed by atoms with Gasteiger partial charge in [-0.3, -0.25) is 4.79 Å². The van der Waals surface area contributed by atoms with E-state index in [4.69, 9.17) is 0 Å². The minimum atomic E-state index is -3.64. The van der Waals surface area contributed by atoms with Gasteiger partial charge in [-0.15, -0.1) is 0 Å². The first-order valence-corrected chi connectivity index (χ1v) is 10.1. The lowest BCUT2D eigenvalue weighted by atomic mass is 10.1. The Morgan fingerprint density at radius 2 is 1.58 bits per heavy atom. The van der Waals surface area contributed by atoms with Crippen molar-refractivity contribution < 1.29 is 13.2 Å². The molecule has 0 spiro atoms. The van der Waals surface area contributed by atoms with Crippen molar-refractivity contribution in [3.8, 4) is 0 Å². The Kier molecular flexibility index (Phi) is 6.21. The highest BCUT2D eigenvalue weighted by atomic mass is 32.2. The molecule has 140 valence electrons. The van der Waals surface area contributed by atoms with Gasteiger partial charge in [0.2, 0.25) is 10.0 Å². The summed E-state index contributed by atoms with van der Waals surface area (Å²) in [6, 6.07) is 10.7. The van der Waals surface area contributed by atoms with Crippen LogP contribution in [0.1, 0.15) is 40.9 Å². The summed E-state index contributed by atoms with van der Waals surface area (Å²) in [6.07, 6.45) is 0. The van der Waals surface area contributed by atoms with E-state index < -0.39 is 10.0 Å². The van der Waals surface area contributed by atoms with Gasteiger partial charge < -0.3 is 5.32 Å². The molecule has 0 unspecified atom stereocenters. The number of amides is 1. The Balaban J connectivity index is 2.44. The smallest absolute Gasteiger partial charge is 0.255 e. The van der Waals surface area contributed by atoms with Gasteiger partial charge in [0.25, 0.3) is 5.91 Å². The third kappa shape index (κ3) is 4.14. The molecular weight excluding hydrogens is 348 g/mol. The molecule has 0 atom stereocenters. The molecule has 0 aromatic heterocycles. The Morgan fingerprint density at radius 3 is 2.12 bits per heavy atom. The molecule has 1 amide bonds. The Labute approximate surface area is 156 Å². The lowest BCUT2D eigenvalue weighted by molar-refractivity contribution is 0.102. The van der Waals surface area contributed by atoms with Crippen LogP contribution < -0.4 is 5.32 Å². The summed E-state index contributed by atoms with van der Waals surface area (Å²) in [7, 11) is -3.64. The van der Waals surface area contributed by atoms with Gasteiger partial charge in [-0.05, 0) is 56.2 Å². The van der Waals surface area contributed by atoms with E-state index in [1.807, 2.05) is 38.1 Å². The zero-order chi connectivity index (χ0) is 19.5. The first-order valence-electron chi connectivity index (χ1n) is 8.70. The molecule has 6 heteroatoms. The van der Waals surface area contributed by atoms with Crippen LogP contribution in [0.5, 0.6) is 0 Å². The topological polar surface area (TPSA) is 66.5 Å². The average molecular weight is 375 g/mol. The Bertz CT molecular complexity index is 899. The van der Waals surface area contributed by atoms with Crippen molar-refractivity contribution in [2.75, 3.05) is 18.4 Å². The lowest BCUT2D eigenvalue weighted by Crippen LogP contribution is -2.31. The summed E-state index contributed by atoms with van der Waals surface area (Å²) in [6.45, 7) is 9.94. The van der Waals surface area contributed by atoms with Crippen molar-refractivity contribution >= 4 is 21.6 Å². The Hall–Kier alpha value is -2.18. The van der Waals surface area contributed by atoms with Gasteiger partial charge in [0, 0.05) is 24.3 Å². The number of carbonyl (C=O) groups is 1. The van der Waals surface area contributed by atoms with Crippen LogP contribution in [0.4, 0.5) is 5.69 Å². The van der Waals surface area contributed by atoms with E-state index in [2.05, 4.69) is 5.32 Å². The van der Waals surface area contributed by atoms with E-state index in [1.165, 1.54) is 10.4 Å². The summed E-state index contributed by atoms with van der Waals surface area (Å²) in [5, 5.41) is 2.82. The molecule has 0 aliphatic rings. The SMILES string of the molecule is CCN(CC)S(=O)(=O)c1cc(C(=O)Nc2ccc(C)cc2)cc(C)c1C. The highest BCUT2D eigenvalue weighted by Crippen LogP contribution is 2.25. The largest absolute Gasteiger partial charge is 0.322 e. The number of nitrogens with one attached hydrogen (secondary N) is 1. The fourth-order valence-electron chi connectivity index (χ4n) is 2.77. The van der Waals surface area contributed by atoms with Crippen molar-refractivity contribution in [3.05, 3.63) is 58.7 Å². The van der Waals surface area contributed by atoms with Crippen LogP contribution in [0.3, 0.4) is 0 Å². The second-order valence-electron chi connectivity index (χ2n) is 6.33. The van der Waals surface area contributed by atoms with Crippen LogP contribution in [0.25, 0.3) is 0 Å². The van der Waals surface area contributed by atoms with E-state index in [1.54, 1.807) is 26.8 Å². The second kappa shape index (κ2) is 8.01. The zero-order valence-corrected chi connectivity index (χ0v) is 16.8. The summed E-state index contributed by atoms with van der Waals surface area (Å²) < 4.78 is 27.3. The van der Waals surface area contributed by atoms with Gasteiger partial charge in [0.05, 0.1) is 4.90 Å². The molecule has 2 aromatic rings. The van der Waals surface area contributed by atoms with E-state index in [9.17, 15) is 13.2 Å². The fraction of sp³-hybridized carbons (Fsp3) is 0.350. The Morgan fingerprint density at radius 1 is 1.00 bits per heavy atom.